The number of carbonyl (C=O) groups is 1. The molecule has 0 spiro atoms. The summed E-state index contributed by atoms with van der Waals surface area (Å²) in [6.07, 6.45) is 0. The van der Waals surface area contributed by atoms with Crippen LogP contribution in [0, 0.1) is 0 Å². The summed E-state index contributed by atoms with van der Waals surface area (Å²) >= 11 is 0. The molecule has 0 unspecified atom stereocenters. The molecule has 0 bridgehead atoms. The number of benzene rings is 4. The van der Waals surface area contributed by atoms with Gasteiger partial charge in [0.25, 0.3) is 0 Å². The van der Waals surface area contributed by atoms with E-state index in [4.69, 9.17) is 18.9 Å². The highest BCUT2D eigenvalue weighted by Crippen LogP contribution is 2.45. The zero-order valence-corrected chi connectivity index (χ0v) is 17.6. The minimum absolute atomic E-state index is 0.255. The first kappa shape index (κ1) is 21.0. The first-order valence-electron chi connectivity index (χ1n) is 10.3. The van der Waals surface area contributed by atoms with Crippen LogP contribution in [0.15, 0.2) is 103 Å². The van der Waals surface area contributed by atoms with Gasteiger partial charge in [0.15, 0.2) is 11.5 Å². The van der Waals surface area contributed by atoms with Crippen LogP contribution >= 0.6 is 0 Å². The lowest BCUT2D eigenvalue weighted by Gasteiger charge is -2.18. The van der Waals surface area contributed by atoms with Crippen LogP contribution < -0.4 is 14.2 Å². The van der Waals surface area contributed by atoms with Crippen molar-refractivity contribution in [1.82, 2.24) is 0 Å². The van der Waals surface area contributed by atoms with Gasteiger partial charge in [-0.1, -0.05) is 54.6 Å². The SMILES string of the molecule is CCOC(=O)c1cc(Oc2ccccc2)c(Oc2ccccc2)c(Oc2ccccc2)c1. The van der Waals surface area contributed by atoms with Gasteiger partial charge >= 0.3 is 5.97 Å². The summed E-state index contributed by atoms with van der Waals surface area (Å²) in [6, 6.07) is 31.0. The highest BCUT2D eigenvalue weighted by atomic mass is 16.5. The highest BCUT2D eigenvalue weighted by molar-refractivity contribution is 5.91. The Morgan fingerprint density at radius 2 is 1.03 bits per heavy atom. The number of ether oxygens (including phenoxy) is 4. The van der Waals surface area contributed by atoms with Crippen molar-refractivity contribution >= 4 is 5.97 Å². The molecule has 0 atom stereocenters. The average molecular weight is 426 g/mol. The number of carbonyl (C=O) groups excluding carboxylic acids is 1. The Kier molecular flexibility index (Phi) is 6.68. The Labute approximate surface area is 186 Å². The smallest absolute Gasteiger partial charge is 0.338 e. The molecule has 0 aliphatic rings. The third kappa shape index (κ3) is 5.26. The van der Waals surface area contributed by atoms with E-state index in [1.54, 1.807) is 19.1 Å². The zero-order valence-electron chi connectivity index (χ0n) is 17.6. The summed E-state index contributed by atoms with van der Waals surface area (Å²) < 4.78 is 23.6. The first-order chi connectivity index (χ1) is 15.7. The van der Waals surface area contributed by atoms with E-state index in [0.717, 1.165) is 0 Å². The van der Waals surface area contributed by atoms with E-state index in [1.807, 2.05) is 91.0 Å². The van der Waals surface area contributed by atoms with E-state index in [9.17, 15) is 4.79 Å². The van der Waals surface area contributed by atoms with Gasteiger partial charge in [-0.15, -0.1) is 0 Å². The number of hydrogen-bond donors (Lipinski definition) is 0. The topological polar surface area (TPSA) is 54.0 Å². The molecule has 4 aromatic rings. The van der Waals surface area contributed by atoms with Gasteiger partial charge in [-0.2, -0.15) is 0 Å². The number of para-hydroxylation sites is 3. The summed E-state index contributed by atoms with van der Waals surface area (Å²) in [5, 5.41) is 0. The maximum atomic E-state index is 12.5. The van der Waals surface area contributed by atoms with Crippen molar-refractivity contribution in [3.63, 3.8) is 0 Å². The summed E-state index contributed by atoms with van der Waals surface area (Å²) in [4.78, 5) is 12.5. The minimum Gasteiger partial charge on any atom is -0.462 e. The summed E-state index contributed by atoms with van der Waals surface area (Å²) in [5.74, 6) is 2.32. The molecule has 4 rings (SSSR count). The molecule has 0 fully saturated rings. The Bertz CT molecular complexity index is 1100. The van der Waals surface area contributed by atoms with E-state index < -0.39 is 5.97 Å². The number of rotatable bonds is 8. The second-order valence-electron chi connectivity index (χ2n) is 6.77. The molecule has 0 aromatic heterocycles. The number of hydrogen-bond acceptors (Lipinski definition) is 5. The van der Waals surface area contributed by atoms with Crippen LogP contribution in [0.25, 0.3) is 0 Å². The Hall–Kier alpha value is -4.25. The van der Waals surface area contributed by atoms with Gasteiger partial charge in [-0.05, 0) is 55.5 Å². The van der Waals surface area contributed by atoms with Crippen LogP contribution in [0.2, 0.25) is 0 Å². The first-order valence-corrected chi connectivity index (χ1v) is 10.3. The third-order valence-electron chi connectivity index (χ3n) is 4.44. The maximum Gasteiger partial charge on any atom is 0.338 e. The second kappa shape index (κ2) is 10.2. The molecule has 160 valence electrons. The molecular formula is C27H22O5. The Morgan fingerprint density at radius 1 is 0.625 bits per heavy atom. The molecule has 0 saturated carbocycles. The summed E-state index contributed by atoms with van der Waals surface area (Å²) in [6.45, 7) is 2.01. The molecule has 0 saturated heterocycles. The van der Waals surface area contributed by atoms with Gasteiger partial charge in [0.2, 0.25) is 5.75 Å². The Morgan fingerprint density at radius 3 is 1.44 bits per heavy atom. The molecule has 0 aliphatic carbocycles. The molecule has 0 amide bonds. The van der Waals surface area contributed by atoms with Crippen molar-refractivity contribution in [1.29, 1.82) is 0 Å². The fraction of sp³-hybridized carbons (Fsp3) is 0.0741. The average Bonchev–Trinajstić information content (AvgIpc) is 2.83. The molecule has 0 aliphatic heterocycles. The number of esters is 1. The molecule has 4 aromatic carbocycles. The van der Waals surface area contributed by atoms with Gasteiger partial charge in [0, 0.05) is 0 Å². The molecule has 5 nitrogen and oxygen atoms in total. The van der Waals surface area contributed by atoms with Crippen LogP contribution in [0.5, 0.6) is 34.5 Å². The van der Waals surface area contributed by atoms with E-state index in [-0.39, 0.29) is 6.61 Å². The molecule has 32 heavy (non-hydrogen) atoms. The summed E-state index contributed by atoms with van der Waals surface area (Å²) in [5.41, 5.74) is 0.295. The predicted molar refractivity (Wildman–Crippen MR) is 122 cm³/mol. The quantitative estimate of drug-likeness (QED) is 0.278. The highest BCUT2D eigenvalue weighted by Gasteiger charge is 2.21. The fourth-order valence-electron chi connectivity index (χ4n) is 3.00. The summed E-state index contributed by atoms with van der Waals surface area (Å²) in [7, 11) is 0. The molecule has 0 N–H and O–H groups in total. The van der Waals surface area contributed by atoms with Crippen LogP contribution in [0.1, 0.15) is 17.3 Å². The lowest BCUT2D eigenvalue weighted by molar-refractivity contribution is 0.0525. The van der Waals surface area contributed by atoms with Crippen molar-refractivity contribution in [3.8, 4) is 34.5 Å². The molecular weight excluding hydrogens is 404 g/mol. The van der Waals surface area contributed by atoms with E-state index in [1.165, 1.54) is 0 Å². The molecule has 0 heterocycles. The van der Waals surface area contributed by atoms with Crippen molar-refractivity contribution in [2.24, 2.45) is 0 Å². The van der Waals surface area contributed by atoms with Gasteiger partial charge in [-0.25, -0.2) is 4.79 Å². The van der Waals surface area contributed by atoms with Crippen molar-refractivity contribution in [2.45, 2.75) is 6.92 Å². The Balaban J connectivity index is 1.83. The predicted octanol–water partition coefficient (Wildman–Crippen LogP) is 7.24. The van der Waals surface area contributed by atoms with Crippen LogP contribution in [0.3, 0.4) is 0 Å². The molecule has 0 radical (unpaired) electrons. The second-order valence-corrected chi connectivity index (χ2v) is 6.77. The van der Waals surface area contributed by atoms with Gasteiger partial charge in [0.1, 0.15) is 17.2 Å². The van der Waals surface area contributed by atoms with Crippen LogP contribution in [-0.4, -0.2) is 12.6 Å². The van der Waals surface area contributed by atoms with Crippen LogP contribution in [0.4, 0.5) is 0 Å². The van der Waals surface area contributed by atoms with E-state index >= 15 is 0 Å². The van der Waals surface area contributed by atoms with Crippen molar-refractivity contribution < 1.29 is 23.7 Å². The maximum absolute atomic E-state index is 12.5. The van der Waals surface area contributed by atoms with Gasteiger partial charge in [-0.3, -0.25) is 0 Å². The van der Waals surface area contributed by atoms with Crippen molar-refractivity contribution in [3.05, 3.63) is 109 Å². The van der Waals surface area contributed by atoms with Crippen LogP contribution in [-0.2, 0) is 4.74 Å². The lowest BCUT2D eigenvalue weighted by atomic mass is 10.1. The normalized spacial score (nSPS) is 10.3. The standard InChI is InChI=1S/C27H22O5/c1-2-29-27(28)20-18-24(30-21-12-6-3-7-13-21)26(32-23-16-10-5-11-17-23)25(19-20)31-22-14-8-4-9-15-22/h3-19H,2H2,1H3. The fourth-order valence-corrected chi connectivity index (χ4v) is 3.00. The minimum atomic E-state index is -0.477. The monoisotopic (exact) mass is 426 g/mol. The van der Waals surface area contributed by atoms with E-state index in [0.29, 0.717) is 40.1 Å². The zero-order chi connectivity index (χ0) is 22.2. The molecule has 5 heteroatoms. The largest absolute Gasteiger partial charge is 0.462 e. The van der Waals surface area contributed by atoms with E-state index in [2.05, 4.69) is 0 Å². The lowest BCUT2D eigenvalue weighted by Crippen LogP contribution is -2.06. The van der Waals surface area contributed by atoms with Crippen molar-refractivity contribution in [2.75, 3.05) is 6.61 Å². The van der Waals surface area contributed by atoms with Gasteiger partial charge < -0.3 is 18.9 Å². The van der Waals surface area contributed by atoms with Gasteiger partial charge in [0.05, 0.1) is 12.2 Å². The third-order valence-corrected chi connectivity index (χ3v) is 4.44.